The van der Waals surface area contributed by atoms with Crippen LogP contribution >= 0.6 is 0 Å². The average molecular weight is 283 g/mol. The summed E-state index contributed by atoms with van der Waals surface area (Å²) in [4.78, 5) is 22.9. The van der Waals surface area contributed by atoms with Crippen LogP contribution in [0.4, 0.5) is 0 Å². The summed E-state index contributed by atoms with van der Waals surface area (Å²) >= 11 is 0. The maximum Gasteiger partial charge on any atom is 0.325 e. The van der Waals surface area contributed by atoms with Crippen molar-refractivity contribution in [2.45, 2.75) is 25.3 Å². The van der Waals surface area contributed by atoms with Crippen LogP contribution in [0.25, 0.3) is 10.8 Å². The topological polar surface area (TPSA) is 66.4 Å². The maximum atomic E-state index is 12.1. The molecule has 1 saturated carbocycles. The molecule has 0 saturated heterocycles. The van der Waals surface area contributed by atoms with Crippen LogP contribution < -0.4 is 5.32 Å². The molecule has 3 atom stereocenters. The summed E-state index contributed by atoms with van der Waals surface area (Å²) in [7, 11) is 0. The number of carbonyl (C=O) groups excluding carboxylic acids is 1. The van der Waals surface area contributed by atoms with Crippen molar-refractivity contribution >= 4 is 22.6 Å². The van der Waals surface area contributed by atoms with Crippen LogP contribution in [0.15, 0.2) is 42.5 Å². The van der Waals surface area contributed by atoms with E-state index in [0.717, 1.165) is 6.42 Å². The number of hydrogen-bond donors (Lipinski definition) is 2. The number of hydrogen-bond acceptors (Lipinski definition) is 2. The zero-order valence-corrected chi connectivity index (χ0v) is 11.7. The van der Waals surface area contributed by atoms with Gasteiger partial charge < -0.3 is 10.4 Å². The fourth-order valence-corrected chi connectivity index (χ4v) is 2.78. The lowest BCUT2D eigenvalue weighted by Gasteiger charge is -2.09. The molecule has 1 amide bonds. The Morgan fingerprint density at radius 3 is 2.67 bits per heavy atom. The first-order valence-electron chi connectivity index (χ1n) is 7.09. The normalized spacial score (nSPS) is 21.8. The molecular weight excluding hydrogens is 266 g/mol. The Morgan fingerprint density at radius 1 is 1.19 bits per heavy atom. The minimum atomic E-state index is -1.01. The lowest BCUT2D eigenvalue weighted by atomic mass is 10.00. The molecule has 1 aliphatic rings. The van der Waals surface area contributed by atoms with E-state index in [-0.39, 0.29) is 17.7 Å². The van der Waals surface area contributed by atoms with Gasteiger partial charge in [-0.2, -0.15) is 0 Å². The Hall–Kier alpha value is -2.36. The highest BCUT2D eigenvalue weighted by atomic mass is 16.4. The lowest BCUT2D eigenvalue weighted by molar-refractivity contribution is -0.141. The number of nitrogens with one attached hydrogen (secondary N) is 1. The maximum absolute atomic E-state index is 12.1. The van der Waals surface area contributed by atoms with Gasteiger partial charge in [-0.05, 0) is 35.6 Å². The van der Waals surface area contributed by atoms with E-state index in [1.165, 1.54) is 23.3 Å². The molecule has 0 bridgehead atoms. The Bertz CT molecular complexity index is 705. The smallest absolute Gasteiger partial charge is 0.325 e. The molecule has 0 heterocycles. The fraction of sp³-hybridized carbons (Fsp3) is 0.294. The van der Waals surface area contributed by atoms with E-state index in [1.54, 1.807) is 0 Å². The summed E-state index contributed by atoms with van der Waals surface area (Å²) in [5.41, 5.74) is 1.18. The van der Waals surface area contributed by atoms with E-state index in [9.17, 15) is 9.59 Å². The van der Waals surface area contributed by atoms with Crippen molar-refractivity contribution in [2.75, 3.05) is 0 Å². The van der Waals surface area contributed by atoms with Gasteiger partial charge in [0.1, 0.15) is 6.04 Å². The van der Waals surface area contributed by atoms with Gasteiger partial charge in [0.25, 0.3) is 0 Å². The molecule has 108 valence electrons. The summed E-state index contributed by atoms with van der Waals surface area (Å²) in [6.45, 7) is 1.48. The van der Waals surface area contributed by atoms with Crippen molar-refractivity contribution in [1.29, 1.82) is 0 Å². The molecule has 3 rings (SSSR count). The molecule has 1 fully saturated rings. The summed E-state index contributed by atoms with van der Waals surface area (Å²) in [6, 6.07) is 13.4. The Balaban J connectivity index is 1.78. The van der Waals surface area contributed by atoms with Crippen molar-refractivity contribution in [3.63, 3.8) is 0 Å². The third-order valence-electron chi connectivity index (χ3n) is 4.08. The van der Waals surface area contributed by atoms with Crippen LogP contribution in [-0.4, -0.2) is 23.0 Å². The van der Waals surface area contributed by atoms with E-state index in [4.69, 9.17) is 5.11 Å². The van der Waals surface area contributed by atoms with E-state index < -0.39 is 12.0 Å². The van der Waals surface area contributed by atoms with E-state index in [2.05, 4.69) is 29.6 Å². The molecule has 0 radical (unpaired) electrons. The monoisotopic (exact) mass is 283 g/mol. The predicted molar refractivity (Wildman–Crippen MR) is 80.0 cm³/mol. The number of carbonyl (C=O) groups is 2. The molecule has 4 nitrogen and oxygen atoms in total. The number of carboxylic acids is 1. The first-order chi connectivity index (χ1) is 10.1. The summed E-state index contributed by atoms with van der Waals surface area (Å²) in [6.07, 6.45) is 0.784. The van der Waals surface area contributed by atoms with Crippen molar-refractivity contribution < 1.29 is 14.7 Å². The van der Waals surface area contributed by atoms with Gasteiger partial charge in [-0.15, -0.1) is 0 Å². The quantitative estimate of drug-likeness (QED) is 0.906. The third kappa shape index (κ3) is 2.61. The SMILES string of the molecule is C[C@@H](NC(=O)C1CC1c1cccc2ccccc12)C(=O)O. The van der Waals surface area contributed by atoms with Crippen molar-refractivity contribution in [3.8, 4) is 0 Å². The number of rotatable bonds is 4. The number of carboxylic acid groups (broad SMARTS) is 1. The van der Waals surface area contributed by atoms with E-state index in [0.29, 0.717) is 0 Å². The molecule has 2 aromatic carbocycles. The molecular formula is C17H17NO3. The van der Waals surface area contributed by atoms with Gasteiger partial charge in [-0.1, -0.05) is 42.5 Å². The lowest BCUT2D eigenvalue weighted by Crippen LogP contribution is -2.39. The zero-order valence-electron chi connectivity index (χ0n) is 11.7. The highest BCUT2D eigenvalue weighted by molar-refractivity contribution is 5.91. The van der Waals surface area contributed by atoms with E-state index in [1.807, 2.05) is 18.2 Å². The highest BCUT2D eigenvalue weighted by Crippen LogP contribution is 2.49. The molecule has 2 N–H and O–H groups in total. The first kappa shape index (κ1) is 13.6. The van der Waals surface area contributed by atoms with Crippen molar-refractivity contribution in [1.82, 2.24) is 5.32 Å². The van der Waals surface area contributed by atoms with Gasteiger partial charge in [-0.3, -0.25) is 9.59 Å². The number of benzene rings is 2. The van der Waals surface area contributed by atoms with Crippen LogP contribution in [0.5, 0.6) is 0 Å². The average Bonchev–Trinajstić information content (AvgIpc) is 3.27. The summed E-state index contributed by atoms with van der Waals surface area (Å²) in [5, 5.41) is 13.7. The first-order valence-corrected chi connectivity index (χ1v) is 7.09. The fourth-order valence-electron chi connectivity index (χ4n) is 2.78. The van der Waals surface area contributed by atoms with Gasteiger partial charge in [0.2, 0.25) is 5.91 Å². The van der Waals surface area contributed by atoms with Gasteiger partial charge in [0, 0.05) is 5.92 Å². The van der Waals surface area contributed by atoms with Gasteiger partial charge in [0.15, 0.2) is 0 Å². The van der Waals surface area contributed by atoms with Crippen LogP contribution in [0.2, 0.25) is 0 Å². The second-order valence-corrected chi connectivity index (χ2v) is 5.59. The largest absolute Gasteiger partial charge is 0.480 e. The number of fused-ring (bicyclic) bond motifs is 1. The standard InChI is InChI=1S/C17H17NO3/c1-10(17(20)21)18-16(19)15-9-14(15)13-8-4-6-11-5-2-3-7-12(11)13/h2-8,10,14-15H,9H2,1H3,(H,18,19)(H,20,21)/t10-,14?,15?/m1/s1. The van der Waals surface area contributed by atoms with E-state index >= 15 is 0 Å². The van der Waals surface area contributed by atoms with Crippen LogP contribution in [0, 0.1) is 5.92 Å². The number of aliphatic carboxylic acids is 1. The molecule has 0 spiro atoms. The second kappa shape index (κ2) is 5.20. The highest BCUT2D eigenvalue weighted by Gasteiger charge is 2.45. The van der Waals surface area contributed by atoms with Crippen LogP contribution in [0.1, 0.15) is 24.8 Å². The van der Waals surface area contributed by atoms with Gasteiger partial charge in [0.05, 0.1) is 0 Å². The molecule has 4 heteroatoms. The molecule has 2 aromatic rings. The van der Waals surface area contributed by atoms with Crippen molar-refractivity contribution in [2.24, 2.45) is 5.92 Å². The second-order valence-electron chi connectivity index (χ2n) is 5.59. The zero-order chi connectivity index (χ0) is 15.0. The van der Waals surface area contributed by atoms with Crippen LogP contribution in [0.3, 0.4) is 0 Å². The summed E-state index contributed by atoms with van der Waals surface area (Å²) in [5.74, 6) is -1.09. The minimum Gasteiger partial charge on any atom is -0.480 e. The van der Waals surface area contributed by atoms with Gasteiger partial charge >= 0.3 is 5.97 Å². The molecule has 1 aliphatic carbocycles. The van der Waals surface area contributed by atoms with Gasteiger partial charge in [-0.25, -0.2) is 0 Å². The predicted octanol–water partition coefficient (Wildman–Crippen LogP) is 2.53. The number of amides is 1. The molecule has 2 unspecified atom stereocenters. The molecule has 21 heavy (non-hydrogen) atoms. The Labute approximate surface area is 122 Å². The summed E-state index contributed by atoms with van der Waals surface area (Å²) < 4.78 is 0. The Morgan fingerprint density at radius 2 is 1.90 bits per heavy atom. The van der Waals surface area contributed by atoms with Crippen molar-refractivity contribution in [3.05, 3.63) is 48.0 Å². The van der Waals surface area contributed by atoms with Crippen LogP contribution in [-0.2, 0) is 9.59 Å². The third-order valence-corrected chi connectivity index (χ3v) is 4.08. The minimum absolute atomic E-state index is 0.113. The molecule has 0 aliphatic heterocycles. The Kier molecular flexibility index (Phi) is 3.37. The molecule has 0 aromatic heterocycles.